The van der Waals surface area contributed by atoms with Gasteiger partial charge < -0.3 is 24.8 Å². The molecule has 0 amide bonds. The van der Waals surface area contributed by atoms with E-state index in [1.807, 2.05) is 0 Å². The lowest BCUT2D eigenvalue weighted by Gasteiger charge is -2.44. The van der Waals surface area contributed by atoms with Gasteiger partial charge in [-0.1, -0.05) is 17.0 Å². The maximum Gasteiger partial charge on any atom is 0.332 e. The molecule has 1 saturated heterocycles. The monoisotopic (exact) mass is 604 g/mol. The molecule has 3 aromatic rings. The van der Waals surface area contributed by atoms with Crippen molar-refractivity contribution in [2.75, 3.05) is 6.61 Å². The van der Waals surface area contributed by atoms with Gasteiger partial charge in [0.25, 0.3) is 0 Å². The topological polar surface area (TPSA) is 140 Å². The number of nitrogens with zero attached hydrogens (tertiary/aromatic N) is 4. The average molecular weight is 605 g/mol. The maximum absolute atomic E-state index is 13.8. The fourth-order valence-corrected chi connectivity index (χ4v) is 5.40. The Bertz CT molecular complexity index is 1260. The molecule has 2 aromatic heterocycles. The van der Waals surface area contributed by atoms with Crippen LogP contribution in [0.15, 0.2) is 46.2 Å². The molecule has 37 heavy (non-hydrogen) atoms. The Kier molecular flexibility index (Phi) is 8.50. The third kappa shape index (κ3) is 5.97. The number of thioether (sulfide) groups is 1. The zero-order chi connectivity index (χ0) is 26.9. The molecule has 3 heterocycles. The van der Waals surface area contributed by atoms with Crippen LogP contribution in [0.5, 0.6) is 0 Å². The summed E-state index contributed by atoms with van der Waals surface area (Å²) in [6.07, 6.45) is -0.738. The summed E-state index contributed by atoms with van der Waals surface area (Å²) in [6.45, 7) is 0.700. The van der Waals surface area contributed by atoms with Crippen LogP contribution in [-0.2, 0) is 14.3 Å². The Morgan fingerprint density at radius 2 is 1.97 bits per heavy atom. The molecule has 3 N–H and O–H groups in total. The molecule has 1 fully saturated rings. The van der Waals surface area contributed by atoms with Crippen molar-refractivity contribution in [3.63, 3.8) is 0 Å². The molecule has 15 heteroatoms. The number of hydrogen-bond acceptors (Lipinski definition) is 9. The SMILES string of the molecule is CC(OC1[C@@H](Sc2cncc(Br)c2)OC(CO)[C@H](O)[C@@H]1n1cc(-c2cc(F)c(F)c(F)c2)nn1)C(=O)O. The molecule has 0 radical (unpaired) electrons. The van der Waals surface area contributed by atoms with Crippen molar-refractivity contribution in [3.8, 4) is 11.3 Å². The summed E-state index contributed by atoms with van der Waals surface area (Å²) in [4.78, 5) is 16.3. The standard InChI is InChI=1S/C22H20BrF3N4O6S/c1-9(21(33)34)35-20-18(30-7-15(28-29-30)10-2-13(24)17(26)14(25)3-10)19(32)16(8-31)36-22(20)37-12-4-11(23)5-27-6-12/h2-7,9,16,18-20,22,31-32H,8H2,1H3,(H,33,34)/t9?,16?,18-,19-,20?,22+/m0/s1. The number of aromatic nitrogens is 4. The van der Waals surface area contributed by atoms with Gasteiger partial charge in [0.1, 0.15) is 35.5 Å². The van der Waals surface area contributed by atoms with Crippen LogP contribution < -0.4 is 0 Å². The number of rotatable bonds is 8. The second-order valence-electron chi connectivity index (χ2n) is 8.08. The molecule has 0 aliphatic carbocycles. The number of aliphatic hydroxyl groups is 2. The molecule has 0 bridgehead atoms. The highest BCUT2D eigenvalue weighted by molar-refractivity contribution is 9.10. The van der Waals surface area contributed by atoms with Gasteiger partial charge in [-0.05, 0) is 41.1 Å². The highest BCUT2D eigenvalue weighted by Gasteiger charge is 2.49. The van der Waals surface area contributed by atoms with Gasteiger partial charge in [0.05, 0.1) is 12.8 Å². The summed E-state index contributed by atoms with van der Waals surface area (Å²) < 4.78 is 54.4. The fourth-order valence-electron chi connectivity index (χ4n) is 3.75. The molecule has 4 rings (SSSR count). The van der Waals surface area contributed by atoms with Gasteiger partial charge in [-0.2, -0.15) is 0 Å². The van der Waals surface area contributed by atoms with E-state index in [0.717, 1.165) is 28.6 Å². The Labute approximate surface area is 220 Å². The largest absolute Gasteiger partial charge is 0.479 e. The molecule has 10 nitrogen and oxygen atoms in total. The number of aliphatic hydroxyl groups excluding tert-OH is 2. The maximum atomic E-state index is 13.8. The van der Waals surface area contributed by atoms with E-state index in [1.54, 1.807) is 12.3 Å². The zero-order valence-corrected chi connectivity index (χ0v) is 21.3. The number of aliphatic carboxylic acids is 1. The normalized spacial score (nSPS) is 24.7. The van der Waals surface area contributed by atoms with E-state index in [1.165, 1.54) is 19.3 Å². The highest BCUT2D eigenvalue weighted by atomic mass is 79.9. The lowest BCUT2D eigenvalue weighted by Crippen LogP contribution is -2.56. The van der Waals surface area contributed by atoms with Crippen LogP contribution in [0, 0.1) is 17.5 Å². The van der Waals surface area contributed by atoms with Gasteiger partial charge in [0.15, 0.2) is 23.6 Å². The van der Waals surface area contributed by atoms with Gasteiger partial charge in [0.2, 0.25) is 0 Å². The fraction of sp³-hybridized carbons (Fsp3) is 0.364. The summed E-state index contributed by atoms with van der Waals surface area (Å²) in [7, 11) is 0. The highest BCUT2D eigenvalue weighted by Crippen LogP contribution is 2.40. The zero-order valence-electron chi connectivity index (χ0n) is 18.9. The minimum atomic E-state index is -1.64. The summed E-state index contributed by atoms with van der Waals surface area (Å²) in [6, 6.07) is 2.06. The van der Waals surface area contributed by atoms with Gasteiger partial charge in [0, 0.05) is 27.3 Å². The first-order valence-corrected chi connectivity index (χ1v) is 12.4. The predicted octanol–water partition coefficient (Wildman–Crippen LogP) is 2.79. The molecule has 0 spiro atoms. The van der Waals surface area contributed by atoms with Crippen molar-refractivity contribution >= 4 is 33.7 Å². The van der Waals surface area contributed by atoms with E-state index < -0.39 is 65.9 Å². The number of halogens is 4. The summed E-state index contributed by atoms with van der Waals surface area (Å²) >= 11 is 4.43. The van der Waals surface area contributed by atoms with E-state index in [0.29, 0.717) is 9.37 Å². The molecule has 1 aliphatic rings. The molecule has 0 saturated carbocycles. The third-order valence-corrected chi connectivity index (χ3v) is 7.10. The van der Waals surface area contributed by atoms with Crippen LogP contribution >= 0.6 is 27.7 Å². The van der Waals surface area contributed by atoms with Crippen LogP contribution in [0.25, 0.3) is 11.3 Å². The van der Waals surface area contributed by atoms with Crippen LogP contribution in [0.4, 0.5) is 13.2 Å². The van der Waals surface area contributed by atoms with Gasteiger partial charge in [-0.25, -0.2) is 22.6 Å². The van der Waals surface area contributed by atoms with E-state index in [-0.39, 0.29) is 11.3 Å². The lowest BCUT2D eigenvalue weighted by atomic mass is 9.97. The van der Waals surface area contributed by atoms with Crippen molar-refractivity contribution < 1.29 is 42.8 Å². The summed E-state index contributed by atoms with van der Waals surface area (Å²) in [5.74, 6) is -5.76. The number of hydrogen-bond donors (Lipinski definition) is 3. The Hall–Kier alpha value is -2.56. The van der Waals surface area contributed by atoms with E-state index in [2.05, 4.69) is 31.2 Å². The van der Waals surface area contributed by atoms with Crippen LogP contribution in [0.2, 0.25) is 0 Å². The smallest absolute Gasteiger partial charge is 0.332 e. The van der Waals surface area contributed by atoms with Crippen LogP contribution in [-0.4, -0.2) is 77.7 Å². The number of benzene rings is 1. The number of carboxylic acids is 1. The van der Waals surface area contributed by atoms with Gasteiger partial charge in [-0.3, -0.25) is 4.98 Å². The molecular weight excluding hydrogens is 585 g/mol. The van der Waals surface area contributed by atoms with E-state index in [9.17, 15) is 33.3 Å². The first-order valence-electron chi connectivity index (χ1n) is 10.8. The summed E-state index contributed by atoms with van der Waals surface area (Å²) in [5, 5.41) is 38.2. The Morgan fingerprint density at radius 3 is 2.59 bits per heavy atom. The van der Waals surface area contributed by atoms with Crippen molar-refractivity contribution in [2.45, 2.75) is 47.7 Å². The lowest BCUT2D eigenvalue weighted by molar-refractivity contribution is -0.207. The third-order valence-electron chi connectivity index (χ3n) is 5.56. The minimum absolute atomic E-state index is 0.0533. The second-order valence-corrected chi connectivity index (χ2v) is 10.2. The van der Waals surface area contributed by atoms with E-state index >= 15 is 0 Å². The Morgan fingerprint density at radius 1 is 1.27 bits per heavy atom. The van der Waals surface area contributed by atoms with Gasteiger partial charge in [-0.15, -0.1) is 5.10 Å². The molecule has 3 unspecified atom stereocenters. The van der Waals surface area contributed by atoms with Gasteiger partial charge >= 0.3 is 5.97 Å². The quantitative estimate of drug-likeness (QED) is 0.329. The van der Waals surface area contributed by atoms with Crippen molar-refractivity contribution in [2.24, 2.45) is 0 Å². The summed E-state index contributed by atoms with van der Waals surface area (Å²) in [5.41, 5.74) is -1.13. The second kappa shape index (κ2) is 11.4. The number of pyridine rings is 1. The predicted molar refractivity (Wildman–Crippen MR) is 126 cm³/mol. The number of ether oxygens (including phenoxy) is 2. The van der Waals surface area contributed by atoms with Crippen LogP contribution in [0.1, 0.15) is 13.0 Å². The number of carbonyl (C=O) groups is 1. The van der Waals surface area contributed by atoms with Crippen molar-refractivity contribution in [1.82, 2.24) is 20.0 Å². The van der Waals surface area contributed by atoms with E-state index in [4.69, 9.17) is 9.47 Å². The minimum Gasteiger partial charge on any atom is -0.479 e. The number of carboxylic acid groups (broad SMARTS) is 1. The Balaban J connectivity index is 1.74. The van der Waals surface area contributed by atoms with Crippen molar-refractivity contribution in [1.29, 1.82) is 0 Å². The van der Waals surface area contributed by atoms with Crippen molar-refractivity contribution in [3.05, 3.63) is 58.7 Å². The molecule has 198 valence electrons. The molecular formula is C22H20BrF3N4O6S. The van der Waals surface area contributed by atoms with Crippen LogP contribution in [0.3, 0.4) is 0 Å². The molecule has 6 atom stereocenters. The molecule has 1 aromatic carbocycles. The molecule has 1 aliphatic heterocycles. The first-order chi connectivity index (χ1) is 17.6. The average Bonchev–Trinajstić information content (AvgIpc) is 3.33. The first kappa shape index (κ1) is 27.5.